The summed E-state index contributed by atoms with van der Waals surface area (Å²) in [5.74, 6) is 0.828. The Hall–Kier alpha value is -2.38. The van der Waals surface area contributed by atoms with Gasteiger partial charge in [-0.25, -0.2) is 0 Å². The molecule has 2 aromatic rings. The third-order valence-corrected chi connectivity index (χ3v) is 6.04. The summed E-state index contributed by atoms with van der Waals surface area (Å²) in [6, 6.07) is 15.3. The minimum atomic E-state index is 0.000887. The van der Waals surface area contributed by atoms with Crippen molar-refractivity contribution in [3.8, 4) is 0 Å². The molecular weight excluding hydrogens is 382 g/mol. The van der Waals surface area contributed by atoms with Crippen molar-refractivity contribution in [1.29, 1.82) is 0 Å². The van der Waals surface area contributed by atoms with Crippen molar-refractivity contribution >= 4 is 23.2 Å². The van der Waals surface area contributed by atoms with E-state index >= 15 is 0 Å². The molecule has 0 spiro atoms. The fraction of sp³-hybridized carbons (Fsp3) is 0.455. The summed E-state index contributed by atoms with van der Waals surface area (Å²) in [6.45, 7) is 5.69. The highest BCUT2D eigenvalue weighted by molar-refractivity contribution is 7.12. The van der Waals surface area contributed by atoms with Crippen molar-refractivity contribution < 1.29 is 4.79 Å². The average molecular weight is 414 g/mol. The van der Waals surface area contributed by atoms with E-state index < -0.39 is 0 Å². The molecule has 29 heavy (non-hydrogen) atoms. The Morgan fingerprint density at radius 2 is 1.97 bits per heavy atom. The molecule has 0 bridgehead atoms. The van der Waals surface area contributed by atoms with Gasteiger partial charge in [-0.3, -0.25) is 14.7 Å². The van der Waals surface area contributed by atoms with Crippen LogP contribution in [0.2, 0.25) is 0 Å². The second kappa shape index (κ2) is 11.0. The van der Waals surface area contributed by atoms with Gasteiger partial charge in [0.1, 0.15) is 0 Å². The van der Waals surface area contributed by atoms with E-state index in [1.54, 1.807) is 7.05 Å². The van der Waals surface area contributed by atoms with Gasteiger partial charge in [0.15, 0.2) is 5.96 Å². The molecule has 3 rings (SSSR count). The summed E-state index contributed by atoms with van der Waals surface area (Å²) < 4.78 is 0. The summed E-state index contributed by atoms with van der Waals surface area (Å²) in [6.07, 6.45) is 1.95. The molecule has 156 valence electrons. The van der Waals surface area contributed by atoms with Gasteiger partial charge in [0.05, 0.1) is 4.88 Å². The molecule has 0 aliphatic carbocycles. The first kappa shape index (κ1) is 21.3. The Balaban J connectivity index is 1.35. The van der Waals surface area contributed by atoms with Gasteiger partial charge < -0.3 is 16.0 Å². The Kier molecular flexibility index (Phi) is 8.07. The first-order chi connectivity index (χ1) is 14.2. The third kappa shape index (κ3) is 6.58. The first-order valence-electron chi connectivity index (χ1n) is 10.2. The Morgan fingerprint density at radius 3 is 2.69 bits per heavy atom. The van der Waals surface area contributed by atoms with Gasteiger partial charge in [-0.05, 0) is 36.8 Å². The van der Waals surface area contributed by atoms with E-state index in [4.69, 9.17) is 0 Å². The van der Waals surface area contributed by atoms with E-state index in [1.807, 2.05) is 17.5 Å². The predicted octanol–water partition coefficient (Wildman–Crippen LogP) is 2.70. The van der Waals surface area contributed by atoms with Gasteiger partial charge in [-0.2, -0.15) is 0 Å². The second-order valence-electron chi connectivity index (χ2n) is 7.43. The maximum absolute atomic E-state index is 11.9. The van der Waals surface area contributed by atoms with Crippen molar-refractivity contribution in [2.24, 2.45) is 4.99 Å². The number of hydrogen-bond acceptors (Lipinski definition) is 4. The van der Waals surface area contributed by atoms with E-state index in [9.17, 15) is 4.79 Å². The number of thiophene rings is 1. The van der Waals surface area contributed by atoms with Gasteiger partial charge in [0.25, 0.3) is 5.91 Å². The normalized spacial score (nSPS) is 19.9. The summed E-state index contributed by atoms with van der Waals surface area (Å²) >= 11 is 1.46. The zero-order chi connectivity index (χ0) is 20.5. The molecule has 1 aliphatic rings. The number of guanidine groups is 1. The number of rotatable bonds is 8. The molecule has 2 heterocycles. The van der Waals surface area contributed by atoms with Crippen LogP contribution in [0.25, 0.3) is 0 Å². The van der Waals surface area contributed by atoms with Gasteiger partial charge in [0.2, 0.25) is 0 Å². The standard InChI is InChI=1S/C22H31N5OS/c1-17-14-19(16-27(17)15-18-8-4-3-5-9-18)26-22(23-2)25-12-7-11-24-21(28)20-10-6-13-29-20/h3-6,8-10,13,17,19H,7,11-12,14-16H2,1-2H3,(H,24,28)(H2,23,25,26). The summed E-state index contributed by atoms with van der Waals surface area (Å²) in [5, 5.41) is 11.8. The minimum absolute atomic E-state index is 0.000887. The first-order valence-corrected chi connectivity index (χ1v) is 11.1. The second-order valence-corrected chi connectivity index (χ2v) is 8.37. The van der Waals surface area contributed by atoms with Crippen LogP contribution in [0, 0.1) is 0 Å². The average Bonchev–Trinajstić information content (AvgIpc) is 3.38. The molecule has 1 aromatic carbocycles. The molecule has 0 saturated carbocycles. The van der Waals surface area contributed by atoms with Gasteiger partial charge >= 0.3 is 0 Å². The monoisotopic (exact) mass is 413 g/mol. The zero-order valence-electron chi connectivity index (χ0n) is 17.2. The van der Waals surface area contributed by atoms with Crippen LogP contribution in [0.4, 0.5) is 0 Å². The molecule has 2 unspecified atom stereocenters. The lowest BCUT2D eigenvalue weighted by molar-refractivity contribution is 0.0957. The number of likely N-dealkylation sites (tertiary alicyclic amines) is 1. The number of carbonyl (C=O) groups is 1. The molecular formula is C22H31N5OS. The lowest BCUT2D eigenvalue weighted by Crippen LogP contribution is -2.45. The van der Waals surface area contributed by atoms with Gasteiger partial charge in [-0.15, -0.1) is 11.3 Å². The van der Waals surface area contributed by atoms with Crippen LogP contribution in [0.15, 0.2) is 52.8 Å². The maximum atomic E-state index is 11.9. The summed E-state index contributed by atoms with van der Waals surface area (Å²) in [7, 11) is 1.80. The topological polar surface area (TPSA) is 68.8 Å². The molecule has 1 aliphatic heterocycles. The minimum Gasteiger partial charge on any atom is -0.356 e. The Bertz CT molecular complexity index is 778. The maximum Gasteiger partial charge on any atom is 0.261 e. The van der Waals surface area contributed by atoms with Crippen molar-refractivity contribution in [3.63, 3.8) is 0 Å². The summed E-state index contributed by atoms with van der Waals surface area (Å²) in [4.78, 5) is 19.5. The molecule has 0 radical (unpaired) electrons. The quantitative estimate of drug-likeness (QED) is 0.354. The number of benzene rings is 1. The van der Waals surface area contributed by atoms with Gasteiger partial charge in [-0.1, -0.05) is 36.4 Å². The Morgan fingerprint density at radius 1 is 1.17 bits per heavy atom. The number of nitrogens with zero attached hydrogens (tertiary/aromatic N) is 2. The number of carbonyl (C=O) groups excluding carboxylic acids is 1. The van der Waals surface area contributed by atoms with Crippen molar-refractivity contribution in [3.05, 3.63) is 58.3 Å². The third-order valence-electron chi connectivity index (χ3n) is 5.17. The number of hydrogen-bond donors (Lipinski definition) is 3. The molecule has 7 heteroatoms. The number of aliphatic imine (C=N–C) groups is 1. The van der Waals surface area contributed by atoms with Gasteiger partial charge in [0, 0.05) is 45.3 Å². The summed E-state index contributed by atoms with van der Waals surface area (Å²) in [5.41, 5.74) is 1.35. The van der Waals surface area contributed by atoms with Crippen LogP contribution >= 0.6 is 11.3 Å². The smallest absolute Gasteiger partial charge is 0.261 e. The highest BCUT2D eigenvalue weighted by Gasteiger charge is 2.29. The molecule has 1 amide bonds. The van der Waals surface area contributed by atoms with Crippen LogP contribution in [-0.2, 0) is 6.54 Å². The van der Waals surface area contributed by atoms with Crippen LogP contribution in [0.1, 0.15) is 35.0 Å². The van der Waals surface area contributed by atoms with E-state index in [0.29, 0.717) is 18.6 Å². The fourth-order valence-corrected chi connectivity index (χ4v) is 4.26. The molecule has 6 nitrogen and oxygen atoms in total. The van der Waals surface area contributed by atoms with Crippen LogP contribution in [0.5, 0.6) is 0 Å². The molecule has 1 fully saturated rings. The van der Waals surface area contributed by atoms with E-state index in [-0.39, 0.29) is 5.91 Å². The molecule has 1 saturated heterocycles. The zero-order valence-corrected chi connectivity index (χ0v) is 18.0. The van der Waals surface area contributed by atoms with Crippen molar-refractivity contribution in [1.82, 2.24) is 20.9 Å². The lowest BCUT2D eigenvalue weighted by atomic mass is 10.2. The molecule has 3 N–H and O–H groups in total. The number of nitrogens with one attached hydrogen (secondary N) is 3. The van der Waals surface area contributed by atoms with E-state index in [0.717, 1.165) is 43.3 Å². The predicted molar refractivity (Wildman–Crippen MR) is 120 cm³/mol. The lowest BCUT2D eigenvalue weighted by Gasteiger charge is -2.21. The highest BCUT2D eigenvalue weighted by atomic mass is 32.1. The Labute approximate surface area is 177 Å². The number of amides is 1. The largest absolute Gasteiger partial charge is 0.356 e. The SMILES string of the molecule is CN=C(NCCCNC(=O)c1cccs1)NC1CC(C)N(Cc2ccccc2)C1. The van der Waals surface area contributed by atoms with Crippen LogP contribution in [-0.4, -0.2) is 55.5 Å². The van der Waals surface area contributed by atoms with Crippen molar-refractivity contribution in [2.75, 3.05) is 26.7 Å². The van der Waals surface area contributed by atoms with E-state index in [1.165, 1.54) is 16.9 Å². The highest BCUT2D eigenvalue weighted by Crippen LogP contribution is 2.20. The fourth-order valence-electron chi connectivity index (χ4n) is 3.62. The van der Waals surface area contributed by atoms with E-state index in [2.05, 4.69) is 63.1 Å². The molecule has 1 aromatic heterocycles. The van der Waals surface area contributed by atoms with Crippen molar-refractivity contribution in [2.45, 2.75) is 38.4 Å². The molecule has 2 atom stereocenters. The van der Waals surface area contributed by atoms with Crippen LogP contribution < -0.4 is 16.0 Å². The van der Waals surface area contributed by atoms with Crippen LogP contribution in [0.3, 0.4) is 0 Å².